The molecule has 0 unspecified atom stereocenters. The average Bonchev–Trinajstić information content (AvgIpc) is 2.93. The SMILES string of the molecule is O=C1CC=C2c3c1nc1ccccc1c3C(=O)N2c1ccc(Br)cc1. The van der Waals surface area contributed by atoms with E-state index in [1.165, 1.54) is 0 Å². The number of ketones is 1. The third kappa shape index (κ3) is 1.96. The van der Waals surface area contributed by atoms with Crippen LogP contribution in [-0.4, -0.2) is 16.7 Å². The number of rotatable bonds is 1. The number of carbonyl (C=O) groups excluding carboxylic acids is 2. The van der Waals surface area contributed by atoms with E-state index in [0.29, 0.717) is 22.3 Å². The highest BCUT2D eigenvalue weighted by Crippen LogP contribution is 2.43. The van der Waals surface area contributed by atoms with Gasteiger partial charge in [-0.1, -0.05) is 40.2 Å². The minimum atomic E-state index is -0.113. The summed E-state index contributed by atoms with van der Waals surface area (Å²) < 4.78 is 0.945. The Morgan fingerprint density at radius 3 is 2.52 bits per heavy atom. The summed E-state index contributed by atoms with van der Waals surface area (Å²) in [5.74, 6) is -0.158. The number of anilines is 1. The Bertz CT molecular complexity index is 1120. The van der Waals surface area contributed by atoms with E-state index in [2.05, 4.69) is 20.9 Å². The van der Waals surface area contributed by atoms with E-state index in [1.54, 1.807) is 4.90 Å². The van der Waals surface area contributed by atoms with Crippen LogP contribution in [-0.2, 0) is 0 Å². The number of aromatic nitrogens is 1. The van der Waals surface area contributed by atoms with E-state index < -0.39 is 0 Å². The number of benzene rings is 2. The highest BCUT2D eigenvalue weighted by Gasteiger charge is 2.40. The van der Waals surface area contributed by atoms with Crippen molar-refractivity contribution in [3.05, 3.63) is 75.9 Å². The summed E-state index contributed by atoms with van der Waals surface area (Å²) in [7, 11) is 0. The zero-order valence-electron chi connectivity index (χ0n) is 13.0. The molecule has 0 spiro atoms. The maximum atomic E-state index is 13.3. The lowest BCUT2D eigenvalue weighted by Gasteiger charge is -2.20. The summed E-state index contributed by atoms with van der Waals surface area (Å²) in [6.45, 7) is 0. The first-order chi connectivity index (χ1) is 12.1. The lowest BCUT2D eigenvalue weighted by Crippen LogP contribution is -2.23. The van der Waals surface area contributed by atoms with Crippen molar-refractivity contribution in [1.82, 2.24) is 4.98 Å². The lowest BCUT2D eigenvalue weighted by molar-refractivity contribution is 0.0987. The Hall–Kier alpha value is -2.79. The van der Waals surface area contributed by atoms with E-state index in [9.17, 15) is 9.59 Å². The molecule has 0 atom stereocenters. The summed E-state index contributed by atoms with van der Waals surface area (Å²) in [5, 5.41) is 0.784. The van der Waals surface area contributed by atoms with E-state index in [-0.39, 0.29) is 18.1 Å². The minimum Gasteiger partial charge on any atom is -0.292 e. The first-order valence-electron chi connectivity index (χ1n) is 7.91. The molecule has 1 amide bonds. The second kappa shape index (κ2) is 5.10. The third-order valence-electron chi connectivity index (χ3n) is 4.64. The normalized spacial score (nSPS) is 15.6. The molecule has 1 aromatic heterocycles. The fraction of sp³-hybridized carbons (Fsp3) is 0.0500. The number of Topliss-reactive ketones (excluding diaryl/α,β-unsaturated/α-hetero) is 1. The smallest absolute Gasteiger partial charge is 0.264 e. The van der Waals surface area contributed by atoms with Gasteiger partial charge >= 0.3 is 0 Å². The van der Waals surface area contributed by atoms with Crippen LogP contribution in [0.25, 0.3) is 16.6 Å². The molecule has 5 rings (SSSR count). The van der Waals surface area contributed by atoms with Crippen molar-refractivity contribution in [3.8, 4) is 0 Å². The predicted octanol–water partition coefficient (Wildman–Crippen LogP) is 4.59. The zero-order valence-corrected chi connectivity index (χ0v) is 14.6. The second-order valence-corrected chi connectivity index (χ2v) is 6.98. The van der Waals surface area contributed by atoms with Gasteiger partial charge in [0, 0.05) is 27.5 Å². The van der Waals surface area contributed by atoms with Crippen LogP contribution >= 0.6 is 15.9 Å². The summed E-state index contributed by atoms with van der Waals surface area (Å²) >= 11 is 3.42. The number of nitrogens with zero attached hydrogens (tertiary/aromatic N) is 2. The topological polar surface area (TPSA) is 50.3 Å². The summed E-state index contributed by atoms with van der Waals surface area (Å²) in [5.41, 5.74) is 3.86. The molecule has 120 valence electrons. The largest absolute Gasteiger partial charge is 0.292 e. The molecule has 0 radical (unpaired) electrons. The van der Waals surface area contributed by atoms with Crippen molar-refractivity contribution < 1.29 is 9.59 Å². The molecule has 3 aromatic rings. The van der Waals surface area contributed by atoms with Crippen LogP contribution in [0.5, 0.6) is 0 Å². The average molecular weight is 391 g/mol. The monoisotopic (exact) mass is 390 g/mol. The van der Waals surface area contributed by atoms with Crippen LogP contribution in [0.4, 0.5) is 5.69 Å². The number of amides is 1. The fourth-order valence-electron chi connectivity index (χ4n) is 3.54. The van der Waals surface area contributed by atoms with Crippen molar-refractivity contribution in [3.63, 3.8) is 0 Å². The van der Waals surface area contributed by atoms with Gasteiger partial charge in [-0.05, 0) is 30.3 Å². The van der Waals surface area contributed by atoms with Gasteiger partial charge in [-0.25, -0.2) is 4.98 Å². The Balaban J connectivity index is 1.84. The predicted molar refractivity (Wildman–Crippen MR) is 99.6 cm³/mol. The first kappa shape index (κ1) is 14.5. The van der Waals surface area contributed by atoms with Gasteiger partial charge in [-0.2, -0.15) is 0 Å². The van der Waals surface area contributed by atoms with E-state index in [0.717, 1.165) is 21.2 Å². The number of para-hydroxylation sites is 1. The molecule has 1 aliphatic carbocycles. The number of pyridine rings is 1. The number of hydrogen-bond acceptors (Lipinski definition) is 3. The Labute approximate surface area is 151 Å². The maximum Gasteiger partial charge on any atom is 0.264 e. The highest BCUT2D eigenvalue weighted by atomic mass is 79.9. The van der Waals surface area contributed by atoms with E-state index >= 15 is 0 Å². The second-order valence-electron chi connectivity index (χ2n) is 6.06. The number of halogens is 1. The molecule has 0 saturated carbocycles. The van der Waals surface area contributed by atoms with Gasteiger partial charge in [0.25, 0.3) is 5.91 Å². The quantitative estimate of drug-likeness (QED) is 0.610. The van der Waals surface area contributed by atoms with Gasteiger partial charge < -0.3 is 0 Å². The zero-order chi connectivity index (χ0) is 17.1. The molecular formula is C20H11BrN2O2. The van der Waals surface area contributed by atoms with E-state index in [1.807, 2.05) is 54.6 Å². The van der Waals surface area contributed by atoms with Gasteiger partial charge in [0.1, 0.15) is 5.69 Å². The molecule has 0 saturated heterocycles. The molecule has 2 aliphatic rings. The van der Waals surface area contributed by atoms with Crippen LogP contribution < -0.4 is 4.90 Å². The summed E-state index contributed by atoms with van der Waals surface area (Å²) in [4.78, 5) is 31.9. The standard InChI is InChI=1S/C20H11BrN2O2/c21-11-5-7-12(8-6-11)23-15-9-10-16(24)19-18(15)17(20(23)25)13-3-1-2-4-14(13)22-19/h1-9H,10H2. The van der Waals surface area contributed by atoms with Crippen LogP contribution in [0.15, 0.2) is 59.1 Å². The molecule has 5 heteroatoms. The summed E-state index contributed by atoms with van der Waals surface area (Å²) in [6.07, 6.45) is 2.09. The highest BCUT2D eigenvalue weighted by molar-refractivity contribution is 9.10. The number of carbonyl (C=O) groups is 2. The van der Waals surface area contributed by atoms with Gasteiger partial charge in [0.2, 0.25) is 0 Å². The molecule has 0 N–H and O–H groups in total. The van der Waals surface area contributed by atoms with Crippen molar-refractivity contribution in [2.75, 3.05) is 4.90 Å². The van der Waals surface area contributed by atoms with Gasteiger partial charge in [-0.3, -0.25) is 14.5 Å². The van der Waals surface area contributed by atoms with Crippen molar-refractivity contribution in [2.24, 2.45) is 0 Å². The van der Waals surface area contributed by atoms with Gasteiger partial charge in [-0.15, -0.1) is 0 Å². The molecule has 0 bridgehead atoms. The Morgan fingerprint density at radius 1 is 0.960 bits per heavy atom. The molecule has 4 nitrogen and oxygen atoms in total. The van der Waals surface area contributed by atoms with Gasteiger partial charge in [0.05, 0.1) is 16.8 Å². The molecule has 2 heterocycles. The minimum absolute atomic E-state index is 0.0452. The number of fused-ring (bicyclic) bond motifs is 2. The van der Waals surface area contributed by atoms with Crippen molar-refractivity contribution >= 4 is 49.9 Å². The summed E-state index contributed by atoms with van der Waals surface area (Å²) in [6, 6.07) is 15.1. The lowest BCUT2D eigenvalue weighted by atomic mass is 9.94. The molecular weight excluding hydrogens is 380 g/mol. The Morgan fingerprint density at radius 2 is 1.72 bits per heavy atom. The fourth-order valence-corrected chi connectivity index (χ4v) is 3.81. The van der Waals surface area contributed by atoms with Crippen LogP contribution in [0, 0.1) is 0 Å². The molecule has 25 heavy (non-hydrogen) atoms. The Kier molecular flexibility index (Phi) is 2.97. The van der Waals surface area contributed by atoms with E-state index in [4.69, 9.17) is 0 Å². The first-order valence-corrected chi connectivity index (χ1v) is 8.71. The van der Waals surface area contributed by atoms with Gasteiger partial charge in [0.15, 0.2) is 5.78 Å². The molecule has 2 aromatic carbocycles. The maximum absolute atomic E-state index is 13.3. The number of allylic oxidation sites excluding steroid dienone is 1. The molecule has 0 fully saturated rings. The van der Waals surface area contributed by atoms with Crippen LogP contribution in [0.1, 0.15) is 32.8 Å². The van der Waals surface area contributed by atoms with Crippen LogP contribution in [0.2, 0.25) is 0 Å². The molecule has 1 aliphatic heterocycles. The van der Waals surface area contributed by atoms with Crippen molar-refractivity contribution in [2.45, 2.75) is 6.42 Å². The van der Waals surface area contributed by atoms with Crippen molar-refractivity contribution in [1.29, 1.82) is 0 Å². The number of hydrogen-bond donors (Lipinski definition) is 0. The van der Waals surface area contributed by atoms with Crippen LogP contribution in [0.3, 0.4) is 0 Å². The third-order valence-corrected chi connectivity index (χ3v) is 5.16.